The number of hydrogen-bond acceptors (Lipinski definition) is 6. The van der Waals surface area contributed by atoms with E-state index in [2.05, 4.69) is 130 Å². The molecule has 1 unspecified atom stereocenters. The zero-order chi connectivity index (χ0) is 57.1. The minimum atomic E-state index is -0.796. The Hall–Kier alpha value is -3.93. The van der Waals surface area contributed by atoms with Gasteiger partial charge in [-0.1, -0.05) is 304 Å². The smallest absolute Gasteiger partial charge is 0.306 e. The van der Waals surface area contributed by atoms with Crippen LogP contribution in [0.25, 0.3) is 0 Å². The SMILES string of the molecule is CC/C=C\C/C=C\C/C=C\C/C=C\C/C=C\CCCCCC(=O)OC(COC(=O)CCCCCCCCCCCCCCCCC)COC(=O)CCCCCCCCCCCCCCCC/C=C\C/C=C\C/C=C\C/C=C\CC. The van der Waals surface area contributed by atoms with Crippen LogP contribution in [0.5, 0.6) is 0 Å². The summed E-state index contributed by atoms with van der Waals surface area (Å²) in [6, 6.07) is 0. The molecule has 0 aliphatic heterocycles. The van der Waals surface area contributed by atoms with Crippen molar-refractivity contribution in [1.29, 1.82) is 0 Å². The van der Waals surface area contributed by atoms with Gasteiger partial charge in [-0.05, 0) is 103 Å². The van der Waals surface area contributed by atoms with Crippen molar-refractivity contribution in [2.24, 2.45) is 0 Å². The van der Waals surface area contributed by atoms with Crippen molar-refractivity contribution in [2.45, 2.75) is 322 Å². The third-order valence-electron chi connectivity index (χ3n) is 14.3. The standard InChI is InChI=1S/C73H124O6/c1-4-7-10-13-16-19-22-25-28-30-32-33-34-35-36-37-38-39-41-42-45-48-51-54-57-60-63-66-72(75)78-69-70(68-77-71(74)65-62-59-56-53-50-47-44-27-24-21-18-15-12-9-6-3)79-73(76)67-64-61-58-55-52-49-46-43-40-31-29-26-23-20-17-14-11-8-5-2/h7-8,10-11,16-17,19-20,25-26,28-29,32-33,40,43,49,52,70H,4-6,9,12-15,18,21-24,27,30-31,34-39,41-42,44-48,50-51,53-69H2,1-3H3/b10-7-,11-8-,19-16-,20-17-,28-25-,29-26-,33-32-,43-40-,52-49-. The van der Waals surface area contributed by atoms with Gasteiger partial charge in [0.25, 0.3) is 0 Å². The maximum absolute atomic E-state index is 12.9. The number of esters is 3. The lowest BCUT2D eigenvalue weighted by molar-refractivity contribution is -0.167. The Labute approximate surface area is 489 Å². The fraction of sp³-hybridized carbons (Fsp3) is 0.712. The molecule has 0 N–H and O–H groups in total. The summed E-state index contributed by atoms with van der Waals surface area (Å²) in [5.41, 5.74) is 0. The van der Waals surface area contributed by atoms with Crippen molar-refractivity contribution < 1.29 is 28.6 Å². The first-order valence-electron chi connectivity index (χ1n) is 33.4. The van der Waals surface area contributed by atoms with Crippen LogP contribution in [0.1, 0.15) is 316 Å². The molecule has 0 radical (unpaired) electrons. The van der Waals surface area contributed by atoms with Gasteiger partial charge >= 0.3 is 17.9 Å². The van der Waals surface area contributed by atoms with Crippen LogP contribution in [0.3, 0.4) is 0 Å². The first kappa shape index (κ1) is 75.1. The third kappa shape index (κ3) is 64.8. The fourth-order valence-electron chi connectivity index (χ4n) is 9.35. The lowest BCUT2D eigenvalue weighted by atomic mass is 10.0. The average Bonchev–Trinajstić information content (AvgIpc) is 3.45. The molecule has 0 heterocycles. The molecular formula is C73H124O6. The van der Waals surface area contributed by atoms with Crippen molar-refractivity contribution in [3.63, 3.8) is 0 Å². The first-order chi connectivity index (χ1) is 39.0. The lowest BCUT2D eigenvalue weighted by Crippen LogP contribution is -2.30. The highest BCUT2D eigenvalue weighted by Gasteiger charge is 2.19. The van der Waals surface area contributed by atoms with Crippen LogP contribution >= 0.6 is 0 Å². The van der Waals surface area contributed by atoms with E-state index < -0.39 is 6.10 Å². The maximum Gasteiger partial charge on any atom is 0.306 e. The maximum atomic E-state index is 12.9. The topological polar surface area (TPSA) is 78.9 Å². The third-order valence-corrected chi connectivity index (χ3v) is 14.3. The Bertz CT molecular complexity index is 1590. The number of hydrogen-bond donors (Lipinski definition) is 0. The minimum absolute atomic E-state index is 0.0889. The molecule has 0 aliphatic carbocycles. The summed E-state index contributed by atoms with van der Waals surface area (Å²) < 4.78 is 16.9. The lowest BCUT2D eigenvalue weighted by Gasteiger charge is -2.18. The zero-order valence-electron chi connectivity index (χ0n) is 51.9. The van der Waals surface area contributed by atoms with Crippen LogP contribution in [0, 0.1) is 0 Å². The Balaban J connectivity index is 4.35. The van der Waals surface area contributed by atoms with Gasteiger partial charge in [0.2, 0.25) is 0 Å². The van der Waals surface area contributed by atoms with Crippen LogP contribution in [0.15, 0.2) is 109 Å². The van der Waals surface area contributed by atoms with Crippen molar-refractivity contribution in [2.75, 3.05) is 13.2 Å². The monoisotopic (exact) mass is 1100 g/mol. The van der Waals surface area contributed by atoms with Crippen molar-refractivity contribution in [3.05, 3.63) is 109 Å². The molecule has 452 valence electrons. The highest BCUT2D eigenvalue weighted by molar-refractivity contribution is 5.71. The summed E-state index contributed by atoms with van der Waals surface area (Å²) in [5, 5.41) is 0. The molecule has 0 aromatic rings. The van der Waals surface area contributed by atoms with Gasteiger partial charge < -0.3 is 14.2 Å². The Kier molecular flexibility index (Phi) is 63.3. The van der Waals surface area contributed by atoms with Crippen LogP contribution in [-0.2, 0) is 28.6 Å². The van der Waals surface area contributed by atoms with Gasteiger partial charge in [-0.3, -0.25) is 14.4 Å². The summed E-state index contributed by atoms with van der Waals surface area (Å²) in [4.78, 5) is 38.4. The molecule has 0 fully saturated rings. The van der Waals surface area contributed by atoms with E-state index in [4.69, 9.17) is 14.2 Å². The second-order valence-electron chi connectivity index (χ2n) is 22.0. The van der Waals surface area contributed by atoms with Crippen LogP contribution in [-0.4, -0.2) is 37.2 Å². The number of allylic oxidation sites excluding steroid dienone is 18. The van der Waals surface area contributed by atoms with Gasteiger partial charge in [0.15, 0.2) is 6.10 Å². The van der Waals surface area contributed by atoms with Crippen molar-refractivity contribution >= 4 is 17.9 Å². The summed E-state index contributed by atoms with van der Waals surface area (Å²) in [7, 11) is 0. The van der Waals surface area contributed by atoms with Crippen LogP contribution in [0.4, 0.5) is 0 Å². The van der Waals surface area contributed by atoms with E-state index in [1.54, 1.807) is 0 Å². The van der Waals surface area contributed by atoms with E-state index in [1.165, 1.54) is 154 Å². The highest BCUT2D eigenvalue weighted by Crippen LogP contribution is 2.17. The summed E-state index contributed by atoms with van der Waals surface area (Å²) in [5.74, 6) is -0.909. The van der Waals surface area contributed by atoms with E-state index >= 15 is 0 Å². The fourth-order valence-corrected chi connectivity index (χ4v) is 9.35. The molecule has 0 aliphatic rings. The molecule has 0 aromatic carbocycles. The molecular weight excluding hydrogens is 973 g/mol. The Morgan fingerprint density at radius 1 is 0.266 bits per heavy atom. The van der Waals surface area contributed by atoms with Gasteiger partial charge in [-0.15, -0.1) is 0 Å². The number of unbranched alkanes of at least 4 members (excludes halogenated alkanes) is 31. The molecule has 0 saturated heterocycles. The van der Waals surface area contributed by atoms with Gasteiger partial charge in [0.05, 0.1) is 0 Å². The average molecular weight is 1100 g/mol. The quantitative estimate of drug-likeness (QED) is 0.0261. The molecule has 6 nitrogen and oxygen atoms in total. The molecule has 0 amide bonds. The largest absolute Gasteiger partial charge is 0.462 e. The van der Waals surface area contributed by atoms with Gasteiger partial charge in [0, 0.05) is 19.3 Å². The van der Waals surface area contributed by atoms with E-state index in [1.807, 2.05) is 0 Å². The number of ether oxygens (including phenoxy) is 3. The van der Waals surface area contributed by atoms with Crippen LogP contribution in [0.2, 0.25) is 0 Å². The second-order valence-corrected chi connectivity index (χ2v) is 22.0. The van der Waals surface area contributed by atoms with E-state index in [0.29, 0.717) is 12.8 Å². The molecule has 0 aromatic heterocycles. The zero-order valence-corrected chi connectivity index (χ0v) is 51.9. The van der Waals surface area contributed by atoms with Gasteiger partial charge in [0.1, 0.15) is 13.2 Å². The minimum Gasteiger partial charge on any atom is -0.462 e. The predicted octanol–water partition coefficient (Wildman–Crippen LogP) is 23.0. The second kappa shape index (κ2) is 66.6. The number of rotatable bonds is 60. The molecule has 0 saturated carbocycles. The number of carbonyl (C=O) groups is 3. The van der Waals surface area contributed by atoms with Crippen molar-refractivity contribution in [3.8, 4) is 0 Å². The summed E-state index contributed by atoms with van der Waals surface area (Å²) in [6.45, 7) is 6.42. The summed E-state index contributed by atoms with van der Waals surface area (Å²) >= 11 is 0. The predicted molar refractivity (Wildman–Crippen MR) is 343 cm³/mol. The normalized spacial score (nSPS) is 12.8. The van der Waals surface area contributed by atoms with Gasteiger partial charge in [-0.2, -0.15) is 0 Å². The van der Waals surface area contributed by atoms with Crippen molar-refractivity contribution in [1.82, 2.24) is 0 Å². The molecule has 1 atom stereocenters. The molecule has 0 bridgehead atoms. The molecule has 0 rings (SSSR count). The first-order valence-corrected chi connectivity index (χ1v) is 33.4. The van der Waals surface area contributed by atoms with E-state index in [0.717, 1.165) is 122 Å². The van der Waals surface area contributed by atoms with Crippen LogP contribution < -0.4 is 0 Å². The highest BCUT2D eigenvalue weighted by atomic mass is 16.6. The van der Waals surface area contributed by atoms with Gasteiger partial charge in [-0.25, -0.2) is 0 Å². The molecule has 0 spiro atoms. The summed E-state index contributed by atoms with van der Waals surface area (Å²) in [6.07, 6.45) is 91.0. The molecule has 6 heteroatoms. The number of carbonyl (C=O) groups excluding carboxylic acids is 3. The Morgan fingerprint density at radius 2 is 0.494 bits per heavy atom. The van der Waals surface area contributed by atoms with E-state index in [9.17, 15) is 14.4 Å². The van der Waals surface area contributed by atoms with E-state index in [-0.39, 0.29) is 37.5 Å². The Morgan fingerprint density at radius 3 is 0.785 bits per heavy atom. The molecule has 79 heavy (non-hydrogen) atoms.